The summed E-state index contributed by atoms with van der Waals surface area (Å²) in [5.74, 6) is 2.57. The van der Waals surface area contributed by atoms with Crippen LogP contribution in [0.4, 0.5) is 5.95 Å². The Bertz CT molecular complexity index is 1410. The summed E-state index contributed by atoms with van der Waals surface area (Å²) in [5.41, 5.74) is 3.35. The van der Waals surface area contributed by atoms with Crippen LogP contribution >= 0.6 is 0 Å². The van der Waals surface area contributed by atoms with E-state index in [-0.39, 0.29) is 28.7 Å². The van der Waals surface area contributed by atoms with Gasteiger partial charge in [0.05, 0.1) is 18.4 Å². The number of anilines is 1. The molecule has 0 saturated carbocycles. The standard InChI is InChI=1S/C25H28N6O4S/c1-5-6-10-23(32)31-12-11-19(15-31)35-22-13-21(24-17(2)8-7-9-18(24)3)27-25(28-22)29-36(33,34)20-14-26-30(4)16-20/h1,7-9,13-14,16,19H,6,10-12,15H2,2-4H3,(H,27,28,29). The van der Waals surface area contributed by atoms with Crippen molar-refractivity contribution in [3.05, 3.63) is 47.8 Å². The molecule has 36 heavy (non-hydrogen) atoms. The molecule has 0 spiro atoms. The second-order valence-corrected chi connectivity index (χ2v) is 10.4. The minimum absolute atomic E-state index is 0.00883. The predicted octanol–water partition coefficient (Wildman–Crippen LogP) is 2.69. The van der Waals surface area contributed by atoms with Crippen LogP contribution in [0.1, 0.15) is 30.4 Å². The summed E-state index contributed by atoms with van der Waals surface area (Å²) in [5, 5.41) is 3.93. The highest BCUT2D eigenvalue weighted by atomic mass is 32.2. The smallest absolute Gasteiger partial charge is 0.267 e. The summed E-state index contributed by atoms with van der Waals surface area (Å²) in [7, 11) is -2.34. The summed E-state index contributed by atoms with van der Waals surface area (Å²) < 4.78 is 35.8. The van der Waals surface area contributed by atoms with Crippen LogP contribution in [0, 0.1) is 26.2 Å². The lowest BCUT2D eigenvalue weighted by molar-refractivity contribution is -0.130. The molecule has 1 unspecified atom stereocenters. The number of aromatic nitrogens is 4. The lowest BCUT2D eigenvalue weighted by Gasteiger charge is -2.18. The van der Waals surface area contributed by atoms with E-state index in [1.807, 2.05) is 32.0 Å². The first kappa shape index (κ1) is 25.2. The number of nitrogens with zero attached hydrogens (tertiary/aromatic N) is 5. The quantitative estimate of drug-likeness (QED) is 0.465. The van der Waals surface area contributed by atoms with Crippen molar-refractivity contribution in [2.45, 2.75) is 44.1 Å². The molecule has 1 amide bonds. The predicted molar refractivity (Wildman–Crippen MR) is 135 cm³/mol. The SMILES string of the molecule is C#CCCC(=O)N1CCC(Oc2cc(-c3c(C)cccc3C)nc(NS(=O)(=O)c3cnn(C)c3)n2)C1. The number of nitrogens with one attached hydrogen (secondary N) is 1. The Hall–Kier alpha value is -3.91. The Balaban J connectivity index is 1.64. The van der Waals surface area contributed by atoms with Crippen molar-refractivity contribution in [1.29, 1.82) is 0 Å². The molecule has 1 aliphatic heterocycles. The molecule has 0 bridgehead atoms. The van der Waals surface area contributed by atoms with Crippen LogP contribution in [0.15, 0.2) is 41.6 Å². The molecule has 1 aliphatic rings. The summed E-state index contributed by atoms with van der Waals surface area (Å²) in [4.78, 5) is 22.9. The largest absolute Gasteiger partial charge is 0.472 e. The number of likely N-dealkylation sites (tertiary alicyclic amines) is 1. The highest BCUT2D eigenvalue weighted by molar-refractivity contribution is 7.92. The number of amides is 1. The fraction of sp³-hybridized carbons (Fsp3) is 0.360. The zero-order valence-electron chi connectivity index (χ0n) is 20.4. The second-order valence-electron chi connectivity index (χ2n) is 8.71. The van der Waals surface area contributed by atoms with Crippen LogP contribution < -0.4 is 9.46 Å². The minimum Gasteiger partial charge on any atom is -0.472 e. The first-order chi connectivity index (χ1) is 17.2. The van der Waals surface area contributed by atoms with Gasteiger partial charge in [0.15, 0.2) is 0 Å². The molecule has 1 atom stereocenters. The molecule has 1 aromatic carbocycles. The average Bonchev–Trinajstić information content (AvgIpc) is 3.46. The lowest BCUT2D eigenvalue weighted by atomic mass is 10.00. The zero-order valence-corrected chi connectivity index (χ0v) is 21.2. The van der Waals surface area contributed by atoms with Gasteiger partial charge in [-0.05, 0) is 25.0 Å². The van der Waals surface area contributed by atoms with E-state index < -0.39 is 10.0 Å². The third kappa shape index (κ3) is 5.66. The second kappa shape index (κ2) is 10.4. The number of ether oxygens (including phenoxy) is 1. The number of sulfonamides is 1. The van der Waals surface area contributed by atoms with Crippen LogP contribution in [-0.4, -0.2) is 58.2 Å². The van der Waals surface area contributed by atoms with E-state index in [0.717, 1.165) is 16.7 Å². The first-order valence-electron chi connectivity index (χ1n) is 11.5. The molecule has 1 N–H and O–H groups in total. The molecule has 11 heteroatoms. The Morgan fingerprint density at radius 2 is 2.03 bits per heavy atom. The van der Waals surface area contributed by atoms with Gasteiger partial charge in [-0.1, -0.05) is 18.2 Å². The van der Waals surface area contributed by atoms with Gasteiger partial charge >= 0.3 is 0 Å². The number of carbonyl (C=O) groups is 1. The number of aryl methyl sites for hydroxylation is 3. The van der Waals surface area contributed by atoms with E-state index >= 15 is 0 Å². The average molecular weight is 509 g/mol. The van der Waals surface area contributed by atoms with E-state index in [4.69, 9.17) is 11.2 Å². The number of benzene rings is 1. The van der Waals surface area contributed by atoms with Crippen molar-refractivity contribution in [2.24, 2.45) is 7.05 Å². The van der Waals surface area contributed by atoms with Crippen LogP contribution in [0.25, 0.3) is 11.3 Å². The molecule has 188 valence electrons. The molecule has 3 heterocycles. The molecule has 1 fully saturated rings. The van der Waals surface area contributed by atoms with Crippen LogP contribution in [0.2, 0.25) is 0 Å². The van der Waals surface area contributed by atoms with E-state index in [1.54, 1.807) is 18.0 Å². The maximum absolute atomic E-state index is 12.9. The van der Waals surface area contributed by atoms with Gasteiger partial charge in [0.1, 0.15) is 11.0 Å². The van der Waals surface area contributed by atoms with E-state index in [9.17, 15) is 13.2 Å². The normalized spacial score (nSPS) is 15.5. The number of hydrogen-bond donors (Lipinski definition) is 1. The zero-order chi connectivity index (χ0) is 25.9. The summed E-state index contributed by atoms with van der Waals surface area (Å²) >= 11 is 0. The van der Waals surface area contributed by atoms with Crippen molar-refractivity contribution in [1.82, 2.24) is 24.6 Å². The summed E-state index contributed by atoms with van der Waals surface area (Å²) in [6.07, 6.45) is 8.94. The van der Waals surface area contributed by atoms with E-state index in [2.05, 4.69) is 25.7 Å². The Kier molecular flexibility index (Phi) is 7.26. The Morgan fingerprint density at radius 1 is 1.28 bits per heavy atom. The van der Waals surface area contributed by atoms with Gasteiger partial charge < -0.3 is 9.64 Å². The van der Waals surface area contributed by atoms with Crippen molar-refractivity contribution < 1.29 is 17.9 Å². The van der Waals surface area contributed by atoms with Crippen molar-refractivity contribution >= 4 is 21.9 Å². The molecular formula is C25H28N6O4S. The molecule has 4 rings (SSSR count). The molecular weight excluding hydrogens is 480 g/mol. The highest BCUT2D eigenvalue weighted by Gasteiger charge is 2.28. The highest BCUT2D eigenvalue weighted by Crippen LogP contribution is 2.30. The Morgan fingerprint density at radius 3 is 2.69 bits per heavy atom. The first-order valence-corrected chi connectivity index (χ1v) is 13.0. The van der Waals surface area contributed by atoms with Gasteiger partial charge in [-0.25, -0.2) is 18.1 Å². The molecule has 10 nitrogen and oxygen atoms in total. The van der Waals surface area contributed by atoms with Gasteiger partial charge in [-0.15, -0.1) is 12.3 Å². The van der Waals surface area contributed by atoms with E-state index in [1.165, 1.54) is 17.1 Å². The lowest BCUT2D eigenvalue weighted by Crippen LogP contribution is -2.30. The number of carbonyl (C=O) groups excluding carboxylic acids is 1. The van der Waals surface area contributed by atoms with E-state index in [0.29, 0.717) is 38.0 Å². The number of rotatable bonds is 8. The third-order valence-electron chi connectivity index (χ3n) is 5.93. The molecule has 3 aromatic rings. The maximum atomic E-state index is 12.9. The summed E-state index contributed by atoms with van der Waals surface area (Å²) in [6.45, 7) is 4.88. The monoisotopic (exact) mass is 508 g/mol. The molecule has 0 radical (unpaired) electrons. The van der Waals surface area contributed by atoms with Crippen molar-refractivity contribution in [3.63, 3.8) is 0 Å². The number of hydrogen-bond acceptors (Lipinski definition) is 7. The van der Waals surface area contributed by atoms with Crippen LogP contribution in [0.5, 0.6) is 5.88 Å². The third-order valence-corrected chi connectivity index (χ3v) is 7.21. The number of terminal acetylenes is 1. The van der Waals surface area contributed by atoms with Gasteiger partial charge in [0.2, 0.25) is 17.7 Å². The Labute approximate surface area is 210 Å². The van der Waals surface area contributed by atoms with Gasteiger partial charge in [-0.3, -0.25) is 9.48 Å². The van der Waals surface area contributed by atoms with Crippen molar-refractivity contribution in [3.8, 4) is 29.5 Å². The fourth-order valence-electron chi connectivity index (χ4n) is 4.15. The topological polar surface area (TPSA) is 119 Å². The van der Waals surface area contributed by atoms with Gasteiger partial charge in [0, 0.05) is 50.7 Å². The van der Waals surface area contributed by atoms with Crippen molar-refractivity contribution in [2.75, 3.05) is 17.8 Å². The molecule has 2 aromatic heterocycles. The minimum atomic E-state index is -3.97. The fourth-order valence-corrected chi connectivity index (χ4v) is 5.08. The van der Waals surface area contributed by atoms with Gasteiger partial charge in [-0.2, -0.15) is 10.1 Å². The van der Waals surface area contributed by atoms with Crippen LogP contribution in [0.3, 0.4) is 0 Å². The summed E-state index contributed by atoms with van der Waals surface area (Å²) in [6, 6.07) is 7.56. The molecule has 0 aliphatic carbocycles. The molecule has 1 saturated heterocycles. The van der Waals surface area contributed by atoms with Crippen LogP contribution in [-0.2, 0) is 21.9 Å². The van der Waals surface area contributed by atoms with Gasteiger partial charge in [0.25, 0.3) is 10.0 Å². The maximum Gasteiger partial charge on any atom is 0.267 e.